The fourth-order valence-electron chi connectivity index (χ4n) is 4.40. The molecule has 0 spiro atoms. The maximum Gasteiger partial charge on any atom is 0.243 e. The second-order valence-electron chi connectivity index (χ2n) is 9.15. The summed E-state index contributed by atoms with van der Waals surface area (Å²) in [5.74, 6) is -0.250. The molecule has 0 radical (unpaired) electrons. The van der Waals surface area contributed by atoms with E-state index in [4.69, 9.17) is 5.21 Å². The number of hydroxylamine groups is 1. The molecule has 0 saturated carbocycles. The summed E-state index contributed by atoms with van der Waals surface area (Å²) in [4.78, 5) is 25.6. The average Bonchev–Trinajstić information content (AvgIpc) is 3.57. The van der Waals surface area contributed by atoms with E-state index in [1.165, 1.54) is 11.3 Å². The van der Waals surface area contributed by atoms with Crippen LogP contribution in [0.3, 0.4) is 0 Å². The van der Waals surface area contributed by atoms with E-state index >= 15 is 0 Å². The van der Waals surface area contributed by atoms with Crippen LogP contribution in [0.25, 0.3) is 31.8 Å². The minimum atomic E-state index is -0.386. The minimum absolute atomic E-state index is 0.131. The topological polar surface area (TPSA) is 138 Å². The Hall–Kier alpha value is -4.54. The predicted octanol–water partition coefficient (Wildman–Crippen LogP) is 5.53. The molecular formula is C29H26N4O5S. The third kappa shape index (κ3) is 5.82. The van der Waals surface area contributed by atoms with Crippen LogP contribution in [0.15, 0.2) is 72.9 Å². The van der Waals surface area contributed by atoms with E-state index in [2.05, 4.69) is 10.3 Å². The van der Waals surface area contributed by atoms with Crippen molar-refractivity contribution < 1.29 is 25.0 Å². The number of rotatable bonds is 10. The normalized spacial score (nSPS) is 11.1. The number of aromatic nitrogens is 3. The van der Waals surface area contributed by atoms with Crippen molar-refractivity contribution in [2.45, 2.75) is 32.2 Å². The molecule has 39 heavy (non-hydrogen) atoms. The summed E-state index contributed by atoms with van der Waals surface area (Å²) in [6.07, 6.45) is 4.45. The summed E-state index contributed by atoms with van der Waals surface area (Å²) >= 11 is 1.42. The molecule has 0 fully saturated rings. The lowest BCUT2D eigenvalue weighted by atomic mass is 9.96. The molecule has 0 saturated heterocycles. The summed E-state index contributed by atoms with van der Waals surface area (Å²) in [5.41, 5.74) is 5.03. The van der Waals surface area contributed by atoms with Crippen LogP contribution in [0.5, 0.6) is 11.5 Å². The summed E-state index contributed by atoms with van der Waals surface area (Å²) in [6, 6.07) is 18.9. The van der Waals surface area contributed by atoms with Crippen LogP contribution in [-0.2, 0) is 11.3 Å². The molecule has 1 amide bonds. The van der Waals surface area contributed by atoms with Gasteiger partial charge >= 0.3 is 0 Å². The first-order chi connectivity index (χ1) is 18.9. The zero-order chi connectivity index (χ0) is 27.4. The van der Waals surface area contributed by atoms with Crippen molar-refractivity contribution in [3.05, 3.63) is 84.1 Å². The molecule has 2 heterocycles. The highest BCUT2D eigenvalue weighted by Gasteiger charge is 2.22. The number of nitrogens with one attached hydrogen (secondary N) is 1. The Morgan fingerprint density at radius 3 is 2.33 bits per heavy atom. The van der Waals surface area contributed by atoms with Crippen LogP contribution in [0.4, 0.5) is 0 Å². The molecule has 0 atom stereocenters. The molecule has 4 N–H and O–H groups in total. The smallest absolute Gasteiger partial charge is 0.243 e. The Balaban J connectivity index is 1.34. The predicted molar refractivity (Wildman–Crippen MR) is 148 cm³/mol. The van der Waals surface area contributed by atoms with Gasteiger partial charge in [0, 0.05) is 44.6 Å². The highest BCUT2D eigenvalue weighted by molar-refractivity contribution is 7.22. The van der Waals surface area contributed by atoms with Gasteiger partial charge in [0.15, 0.2) is 5.78 Å². The first-order valence-corrected chi connectivity index (χ1v) is 13.3. The van der Waals surface area contributed by atoms with Crippen LogP contribution in [0.1, 0.15) is 41.6 Å². The molecule has 0 aliphatic rings. The molecule has 5 rings (SSSR count). The van der Waals surface area contributed by atoms with Gasteiger partial charge in [0.05, 0.1) is 6.20 Å². The molecule has 0 aliphatic heterocycles. The van der Waals surface area contributed by atoms with E-state index < -0.39 is 0 Å². The number of ketones is 1. The Morgan fingerprint density at radius 2 is 1.59 bits per heavy atom. The van der Waals surface area contributed by atoms with Crippen molar-refractivity contribution in [1.82, 2.24) is 20.5 Å². The monoisotopic (exact) mass is 542 g/mol. The Labute approximate surface area is 227 Å². The number of thiophene rings is 1. The molecule has 2 aromatic heterocycles. The molecule has 198 valence electrons. The highest BCUT2D eigenvalue weighted by atomic mass is 32.1. The lowest BCUT2D eigenvalue weighted by Gasteiger charge is -2.06. The Bertz CT molecular complexity index is 1620. The summed E-state index contributed by atoms with van der Waals surface area (Å²) in [7, 11) is 0. The summed E-state index contributed by atoms with van der Waals surface area (Å²) in [6.45, 7) is 0.658. The van der Waals surface area contributed by atoms with Gasteiger partial charge in [-0.05, 0) is 60.9 Å². The molecule has 0 unspecified atom stereocenters. The molecule has 0 aliphatic carbocycles. The Morgan fingerprint density at radius 1 is 0.872 bits per heavy atom. The summed E-state index contributed by atoms with van der Waals surface area (Å²) < 4.78 is 2.54. The summed E-state index contributed by atoms with van der Waals surface area (Å²) in [5, 5.41) is 37.4. The quantitative estimate of drug-likeness (QED) is 0.0787. The lowest BCUT2D eigenvalue weighted by molar-refractivity contribution is -0.129. The lowest BCUT2D eigenvalue weighted by Crippen LogP contribution is -2.17. The van der Waals surface area contributed by atoms with Gasteiger partial charge in [0.25, 0.3) is 0 Å². The van der Waals surface area contributed by atoms with Gasteiger partial charge in [-0.25, -0.2) is 5.48 Å². The number of unbranched alkanes of at least 4 members (excludes halogenated alkanes) is 2. The van der Waals surface area contributed by atoms with E-state index in [1.54, 1.807) is 64.8 Å². The van der Waals surface area contributed by atoms with E-state index in [1.807, 2.05) is 18.3 Å². The number of nitrogens with zero attached hydrogens (tertiary/aromatic N) is 3. The first kappa shape index (κ1) is 26.1. The average molecular weight is 543 g/mol. The molecule has 5 aromatic rings. The molecule has 9 nitrogen and oxygen atoms in total. The second kappa shape index (κ2) is 11.5. The maximum atomic E-state index is 13.8. The van der Waals surface area contributed by atoms with Crippen LogP contribution in [-0.4, -0.2) is 42.1 Å². The fourth-order valence-corrected chi connectivity index (χ4v) is 5.63. The number of fused-ring (bicyclic) bond motifs is 1. The third-order valence-corrected chi connectivity index (χ3v) is 7.63. The molecule has 3 aromatic carbocycles. The van der Waals surface area contributed by atoms with Crippen LogP contribution in [0, 0.1) is 0 Å². The van der Waals surface area contributed by atoms with Crippen LogP contribution in [0.2, 0.25) is 0 Å². The van der Waals surface area contributed by atoms with Crippen molar-refractivity contribution in [1.29, 1.82) is 0 Å². The number of phenolic OH excluding ortho intramolecular Hbond substituents is 2. The minimum Gasteiger partial charge on any atom is -0.508 e. The number of carbonyl (C=O) groups is 2. The van der Waals surface area contributed by atoms with Gasteiger partial charge in [0.1, 0.15) is 17.2 Å². The Kier molecular flexibility index (Phi) is 7.67. The van der Waals surface area contributed by atoms with Gasteiger partial charge < -0.3 is 10.2 Å². The van der Waals surface area contributed by atoms with Crippen molar-refractivity contribution in [3.63, 3.8) is 0 Å². The molecule has 0 bridgehead atoms. The fraction of sp³-hybridized carbons (Fsp3) is 0.172. The van der Waals surface area contributed by atoms with Crippen LogP contribution >= 0.6 is 11.3 Å². The van der Waals surface area contributed by atoms with Crippen molar-refractivity contribution in [3.8, 4) is 33.2 Å². The first-order valence-electron chi connectivity index (χ1n) is 12.5. The number of hydrogen-bond donors (Lipinski definition) is 4. The van der Waals surface area contributed by atoms with E-state index in [0.29, 0.717) is 29.8 Å². The SMILES string of the molecule is O=C(CCCCCn1cc(-c2ccc(C(=O)c3c(-c4ccc(O)cc4)sc4cc(O)ccc34)cc2)nn1)NO. The van der Waals surface area contributed by atoms with Crippen LogP contribution < -0.4 is 5.48 Å². The van der Waals surface area contributed by atoms with Gasteiger partial charge in [-0.15, -0.1) is 16.4 Å². The van der Waals surface area contributed by atoms with Crippen molar-refractivity contribution >= 4 is 33.1 Å². The number of aromatic hydroxyl groups is 2. The second-order valence-corrected chi connectivity index (χ2v) is 10.2. The largest absolute Gasteiger partial charge is 0.508 e. The zero-order valence-corrected chi connectivity index (χ0v) is 21.7. The number of carbonyl (C=O) groups excluding carboxylic acids is 2. The van der Waals surface area contributed by atoms with E-state index in [-0.39, 0.29) is 29.6 Å². The van der Waals surface area contributed by atoms with Crippen molar-refractivity contribution in [2.75, 3.05) is 0 Å². The number of amides is 1. The van der Waals surface area contributed by atoms with Gasteiger partial charge in [0.2, 0.25) is 5.91 Å². The molecule has 10 heteroatoms. The zero-order valence-electron chi connectivity index (χ0n) is 20.9. The number of phenols is 2. The highest BCUT2D eigenvalue weighted by Crippen LogP contribution is 2.41. The van der Waals surface area contributed by atoms with Gasteiger partial charge in [-0.2, -0.15) is 0 Å². The van der Waals surface area contributed by atoms with E-state index in [9.17, 15) is 19.8 Å². The standard InChI is InChI=1S/C29H26N4O5S/c34-21-11-9-20(10-12-21)29-27(23-14-13-22(35)16-25(23)39-29)28(37)19-7-5-18(6-8-19)24-17-33(32-30-24)15-3-1-2-4-26(36)31-38/h5-14,16-17,34-35,38H,1-4,15H2,(H,31,36). The van der Waals surface area contributed by atoms with E-state index in [0.717, 1.165) is 38.9 Å². The van der Waals surface area contributed by atoms with Gasteiger partial charge in [-0.1, -0.05) is 35.9 Å². The van der Waals surface area contributed by atoms with Gasteiger partial charge in [-0.3, -0.25) is 19.5 Å². The maximum absolute atomic E-state index is 13.8. The number of hydrogen-bond acceptors (Lipinski definition) is 8. The molecular weight excluding hydrogens is 516 g/mol. The number of aryl methyl sites for hydroxylation is 1. The van der Waals surface area contributed by atoms with Crippen molar-refractivity contribution in [2.24, 2.45) is 0 Å². The third-order valence-electron chi connectivity index (χ3n) is 6.43. The number of benzene rings is 3.